The number of aromatic nitrogens is 2. The molecule has 0 radical (unpaired) electrons. The van der Waals surface area contributed by atoms with Crippen LogP contribution in [0.25, 0.3) is 11.3 Å². The minimum atomic E-state index is -0.288. The lowest BCUT2D eigenvalue weighted by Crippen LogP contribution is -2.42. The van der Waals surface area contributed by atoms with Crippen molar-refractivity contribution in [3.63, 3.8) is 0 Å². The Morgan fingerprint density at radius 1 is 1.11 bits per heavy atom. The van der Waals surface area contributed by atoms with Gasteiger partial charge in [0.05, 0.1) is 17.9 Å². The van der Waals surface area contributed by atoms with E-state index in [2.05, 4.69) is 10.3 Å². The first kappa shape index (κ1) is 18.4. The number of fused-ring (bicyclic) bond motifs is 1. The molecule has 1 aromatic heterocycles. The summed E-state index contributed by atoms with van der Waals surface area (Å²) >= 11 is 1.41. The number of amides is 2. The summed E-state index contributed by atoms with van der Waals surface area (Å²) in [6.07, 6.45) is 1.89. The number of halogens is 1. The summed E-state index contributed by atoms with van der Waals surface area (Å²) in [6.45, 7) is 4.13. The average Bonchev–Trinajstić information content (AvgIpc) is 2.68. The maximum absolute atomic E-state index is 13.6. The van der Waals surface area contributed by atoms with Gasteiger partial charge in [-0.15, -0.1) is 0 Å². The molecule has 142 valence electrons. The second-order valence-corrected chi connectivity index (χ2v) is 7.37. The molecule has 0 saturated heterocycles. The Bertz CT molecular complexity index is 1090. The van der Waals surface area contributed by atoms with Gasteiger partial charge >= 0.3 is 6.03 Å². The Morgan fingerprint density at radius 2 is 1.89 bits per heavy atom. The number of hydrogen-bond donors (Lipinski definition) is 1. The molecule has 0 fully saturated rings. The molecule has 1 N–H and O–H groups in total. The van der Waals surface area contributed by atoms with Crippen LogP contribution in [0.3, 0.4) is 0 Å². The summed E-state index contributed by atoms with van der Waals surface area (Å²) in [4.78, 5) is 23.7. The molecule has 1 aliphatic heterocycles. The van der Waals surface area contributed by atoms with Crippen LogP contribution < -0.4 is 10.2 Å². The predicted molar refractivity (Wildman–Crippen MR) is 109 cm³/mol. The number of carbonyl (C=O) groups excluding carboxylic acids is 1. The molecule has 0 atom stereocenters. The molecule has 0 bridgehead atoms. The molecule has 0 unspecified atom stereocenters. The van der Waals surface area contributed by atoms with Crippen molar-refractivity contribution in [3.05, 3.63) is 65.0 Å². The topological polar surface area (TPSA) is 58.1 Å². The van der Waals surface area contributed by atoms with Gasteiger partial charge in [-0.1, -0.05) is 30.0 Å². The van der Waals surface area contributed by atoms with E-state index in [-0.39, 0.29) is 11.8 Å². The zero-order chi connectivity index (χ0) is 19.8. The van der Waals surface area contributed by atoms with E-state index in [4.69, 9.17) is 4.98 Å². The Hall–Kier alpha value is -2.93. The van der Waals surface area contributed by atoms with Gasteiger partial charge < -0.3 is 5.32 Å². The molecule has 2 heterocycles. The fourth-order valence-corrected chi connectivity index (χ4v) is 3.74. The molecular weight excluding hydrogens is 375 g/mol. The van der Waals surface area contributed by atoms with Gasteiger partial charge in [-0.05, 0) is 55.5 Å². The van der Waals surface area contributed by atoms with Crippen molar-refractivity contribution in [2.75, 3.05) is 11.2 Å². The Labute approximate surface area is 167 Å². The number of anilines is 2. The molecule has 3 aromatic rings. The van der Waals surface area contributed by atoms with E-state index in [0.29, 0.717) is 23.2 Å². The highest BCUT2D eigenvalue weighted by Crippen LogP contribution is 2.38. The molecule has 2 aromatic carbocycles. The number of carbonyl (C=O) groups is 1. The first-order valence-electron chi connectivity index (χ1n) is 8.84. The first-order valence-corrected chi connectivity index (χ1v) is 10.1. The van der Waals surface area contributed by atoms with E-state index in [1.807, 2.05) is 44.4 Å². The fraction of sp³-hybridized carbons (Fsp3) is 0.190. The van der Waals surface area contributed by atoms with Gasteiger partial charge in [-0.25, -0.2) is 24.1 Å². The smallest absolute Gasteiger partial charge is 0.328 e. The van der Waals surface area contributed by atoms with E-state index < -0.39 is 0 Å². The molecule has 5 nitrogen and oxygen atoms in total. The molecule has 2 amide bonds. The number of benzene rings is 2. The van der Waals surface area contributed by atoms with Crippen LogP contribution in [0.2, 0.25) is 0 Å². The second-order valence-electron chi connectivity index (χ2n) is 6.60. The molecule has 28 heavy (non-hydrogen) atoms. The van der Waals surface area contributed by atoms with Crippen molar-refractivity contribution in [1.29, 1.82) is 0 Å². The number of nitrogens with one attached hydrogen (secondary N) is 1. The van der Waals surface area contributed by atoms with Crippen LogP contribution in [0.5, 0.6) is 0 Å². The van der Waals surface area contributed by atoms with Gasteiger partial charge in [0.15, 0.2) is 11.0 Å². The third kappa shape index (κ3) is 3.11. The molecule has 4 rings (SSSR count). The number of aryl methyl sites for hydroxylation is 2. The lowest BCUT2D eigenvalue weighted by molar-refractivity contribution is 0.246. The number of rotatable bonds is 3. The Kier molecular flexibility index (Phi) is 4.77. The maximum Gasteiger partial charge on any atom is 0.328 e. The monoisotopic (exact) mass is 394 g/mol. The summed E-state index contributed by atoms with van der Waals surface area (Å²) < 4.78 is 13.6. The second kappa shape index (κ2) is 7.24. The predicted octanol–water partition coefficient (Wildman–Crippen LogP) is 4.98. The van der Waals surface area contributed by atoms with Gasteiger partial charge in [0.25, 0.3) is 0 Å². The van der Waals surface area contributed by atoms with Crippen LogP contribution in [0, 0.1) is 19.7 Å². The van der Waals surface area contributed by atoms with E-state index in [1.165, 1.54) is 23.9 Å². The number of urea groups is 1. The number of nitrogens with zero attached hydrogens (tertiary/aromatic N) is 3. The Morgan fingerprint density at radius 3 is 2.61 bits per heavy atom. The largest absolute Gasteiger partial charge is 0.333 e. The van der Waals surface area contributed by atoms with Gasteiger partial charge in [0.2, 0.25) is 0 Å². The van der Waals surface area contributed by atoms with Gasteiger partial charge in [0.1, 0.15) is 5.82 Å². The van der Waals surface area contributed by atoms with Crippen molar-refractivity contribution in [2.24, 2.45) is 0 Å². The number of thioether (sulfide) groups is 1. The molecule has 0 saturated carbocycles. The lowest BCUT2D eigenvalue weighted by Gasteiger charge is -2.31. The number of para-hydroxylation sites is 1. The average molecular weight is 394 g/mol. The zero-order valence-corrected chi connectivity index (χ0v) is 16.6. The minimum absolute atomic E-state index is 0.227. The third-order valence-electron chi connectivity index (χ3n) is 4.78. The first-order chi connectivity index (χ1) is 13.5. The van der Waals surface area contributed by atoms with Crippen molar-refractivity contribution >= 4 is 29.3 Å². The van der Waals surface area contributed by atoms with Gasteiger partial charge in [-0.3, -0.25) is 0 Å². The zero-order valence-electron chi connectivity index (χ0n) is 15.8. The van der Waals surface area contributed by atoms with Crippen LogP contribution in [0.1, 0.15) is 16.7 Å². The maximum atomic E-state index is 13.6. The van der Waals surface area contributed by atoms with Gasteiger partial charge in [-0.2, -0.15) is 0 Å². The van der Waals surface area contributed by atoms with Crippen molar-refractivity contribution in [3.8, 4) is 11.3 Å². The van der Waals surface area contributed by atoms with Gasteiger partial charge in [0, 0.05) is 11.1 Å². The molecule has 7 heteroatoms. The van der Waals surface area contributed by atoms with Crippen molar-refractivity contribution in [1.82, 2.24) is 15.3 Å². The van der Waals surface area contributed by atoms with Crippen LogP contribution >= 0.6 is 11.8 Å². The molecule has 0 spiro atoms. The Balaban J connectivity index is 1.98. The van der Waals surface area contributed by atoms with E-state index >= 15 is 0 Å². The highest BCUT2D eigenvalue weighted by molar-refractivity contribution is 7.98. The highest BCUT2D eigenvalue weighted by Gasteiger charge is 2.31. The van der Waals surface area contributed by atoms with E-state index in [9.17, 15) is 9.18 Å². The molecule has 1 aliphatic rings. The number of hydrogen-bond acceptors (Lipinski definition) is 4. The normalized spacial score (nSPS) is 13.3. The fourth-order valence-electron chi connectivity index (χ4n) is 3.38. The van der Waals surface area contributed by atoms with E-state index in [1.54, 1.807) is 11.0 Å². The van der Waals surface area contributed by atoms with Crippen LogP contribution in [-0.2, 0) is 6.54 Å². The summed E-state index contributed by atoms with van der Waals surface area (Å²) in [5.41, 5.74) is 4.88. The van der Waals surface area contributed by atoms with Crippen LogP contribution in [-0.4, -0.2) is 22.3 Å². The minimum Gasteiger partial charge on any atom is -0.333 e. The van der Waals surface area contributed by atoms with Crippen LogP contribution in [0.15, 0.2) is 47.6 Å². The summed E-state index contributed by atoms with van der Waals surface area (Å²) in [7, 11) is 0. The van der Waals surface area contributed by atoms with E-state index in [0.717, 1.165) is 27.9 Å². The van der Waals surface area contributed by atoms with Crippen LogP contribution in [0.4, 0.5) is 20.7 Å². The molecule has 0 aliphatic carbocycles. The highest BCUT2D eigenvalue weighted by atomic mass is 32.2. The standard InChI is InChI=1S/C21H19FN4OS/c1-12-6-4-5-7-17(12)26-19-16(11-23-21(26)27)18(24-20(25-19)28-3)15-9-8-14(22)10-13(15)2/h4-10H,11H2,1-3H3,(H,23,27). The SMILES string of the molecule is CSc1nc(-c2ccc(F)cc2C)c2c(n1)N(c1ccccc1C)C(=O)NC2. The van der Waals surface area contributed by atoms with Crippen molar-refractivity contribution in [2.45, 2.75) is 25.5 Å². The summed E-state index contributed by atoms with van der Waals surface area (Å²) in [5.74, 6) is 0.278. The summed E-state index contributed by atoms with van der Waals surface area (Å²) in [5, 5.41) is 3.48. The quantitative estimate of drug-likeness (QED) is 0.503. The third-order valence-corrected chi connectivity index (χ3v) is 5.33. The van der Waals surface area contributed by atoms with Crippen molar-refractivity contribution < 1.29 is 9.18 Å². The molecular formula is C21H19FN4OS. The lowest BCUT2D eigenvalue weighted by atomic mass is 10.00. The summed E-state index contributed by atoms with van der Waals surface area (Å²) in [6, 6.07) is 12.1.